The van der Waals surface area contributed by atoms with Crippen molar-refractivity contribution in [3.05, 3.63) is 213 Å². The fraction of sp³-hybridized carbons (Fsp3) is 0.500. The first kappa shape index (κ1) is 96.2. The Hall–Kier alpha value is -2.08. The van der Waals surface area contributed by atoms with Crippen LogP contribution in [0.5, 0.6) is 0 Å². The Morgan fingerprint density at radius 2 is 0.618 bits per heavy atom. The molecule has 7 unspecified atom stereocenters. The normalized spacial score (nSPS) is 12.4. The first-order valence-electron chi connectivity index (χ1n) is 23.8. The minimum atomic E-state index is 0. The third-order valence-corrected chi connectivity index (χ3v) is 13.8. The van der Waals surface area contributed by atoms with Gasteiger partial charge in [-0.3, -0.25) is 0 Å². The molecule has 0 N–H and O–H groups in total. The Balaban J connectivity index is -0.000000112. The molecule has 1 aliphatic rings. The number of hydrogen-bond donors (Lipinski definition) is 0. The van der Waals surface area contributed by atoms with Gasteiger partial charge in [0.25, 0.3) is 0 Å². The van der Waals surface area contributed by atoms with E-state index in [0.717, 1.165) is 19.4 Å². The Morgan fingerprint density at radius 1 is 0.355 bits per heavy atom. The van der Waals surface area contributed by atoms with E-state index < -0.39 is 0 Å². The van der Waals surface area contributed by atoms with Gasteiger partial charge in [0.15, 0.2) is 0 Å². The molecule has 0 aromatic heterocycles. The zero-order chi connectivity index (χ0) is 44.1. The Bertz CT molecular complexity index is 2070. The maximum atomic E-state index is 4.94. The maximum absolute atomic E-state index is 4.94. The Kier molecular flexibility index (Phi) is 67.8. The third kappa shape index (κ3) is 32.9. The zero-order valence-electron chi connectivity index (χ0n) is 40.4. The van der Waals surface area contributed by atoms with Gasteiger partial charge in [-0.1, -0.05) is 291 Å². The first-order valence-corrected chi connectivity index (χ1v) is 24.6. The SMILES string of the molecule is C.C.C.C.C.C.C.C.C.C.C.C.C1CCOC1.CCC(CC(CC(C)c1ccc(C)cc1)c1ccc(C)cc1)c1ccccc1.CCC(CC(CC(C)c1ccc(CP)cc1)c1ccc(C)cc1)c1ccccc1.[Y].[Y]. The minimum absolute atomic E-state index is 0. The van der Waals surface area contributed by atoms with Gasteiger partial charge in [-0.25, -0.2) is 0 Å². The van der Waals surface area contributed by atoms with Crippen molar-refractivity contribution < 1.29 is 70.2 Å². The summed E-state index contributed by atoms with van der Waals surface area (Å²) in [4.78, 5) is 0. The van der Waals surface area contributed by atoms with Gasteiger partial charge in [0.05, 0.1) is 0 Å². The fourth-order valence-electron chi connectivity index (χ4n) is 9.14. The number of benzene rings is 6. The van der Waals surface area contributed by atoms with Crippen molar-refractivity contribution >= 4 is 9.24 Å². The summed E-state index contributed by atoms with van der Waals surface area (Å²) in [6.07, 6.45) is 10.7. The van der Waals surface area contributed by atoms with Gasteiger partial charge >= 0.3 is 0 Å². The molecule has 2 radical (unpaired) electrons. The molecule has 6 aromatic carbocycles. The van der Waals surface area contributed by atoms with E-state index in [2.05, 4.69) is 215 Å². The molecule has 1 fully saturated rings. The van der Waals surface area contributed by atoms with E-state index in [1.807, 2.05) is 0 Å². The summed E-state index contributed by atoms with van der Waals surface area (Å²) in [5.41, 5.74) is 14.2. The van der Waals surface area contributed by atoms with E-state index in [0.29, 0.717) is 35.5 Å². The molecule has 1 heterocycles. The van der Waals surface area contributed by atoms with Crippen LogP contribution in [0.4, 0.5) is 0 Å². The van der Waals surface area contributed by atoms with Crippen molar-refractivity contribution in [2.45, 2.75) is 231 Å². The molecule has 0 amide bonds. The van der Waals surface area contributed by atoms with E-state index in [-0.39, 0.29) is 155 Å². The second kappa shape index (κ2) is 53.6. The van der Waals surface area contributed by atoms with Crippen LogP contribution < -0.4 is 0 Å². The summed E-state index contributed by atoms with van der Waals surface area (Å²) < 4.78 is 4.94. The second-order valence-electron chi connectivity index (χ2n) is 18.2. The molecule has 6 aromatic rings. The molecule has 7 atom stereocenters. The first-order chi connectivity index (χ1) is 30.2. The Labute approximate surface area is 531 Å². The van der Waals surface area contributed by atoms with Gasteiger partial charge in [-0.05, 0) is 153 Å². The number of rotatable bonds is 17. The molecular formula is C72H125OPY2. The zero-order valence-corrected chi connectivity index (χ0v) is 47.2. The van der Waals surface area contributed by atoms with Crippen LogP contribution in [0, 0.1) is 20.8 Å². The summed E-state index contributed by atoms with van der Waals surface area (Å²) in [5.74, 6) is 3.46. The molecule has 4 heteroatoms. The van der Waals surface area contributed by atoms with Crippen LogP contribution >= 0.6 is 9.24 Å². The molecule has 0 saturated carbocycles. The van der Waals surface area contributed by atoms with Crippen LogP contribution in [0.15, 0.2) is 158 Å². The fourth-order valence-corrected chi connectivity index (χ4v) is 9.41. The molecule has 430 valence electrons. The number of ether oxygens (including phenoxy) is 1. The van der Waals surface area contributed by atoms with Crippen molar-refractivity contribution in [2.24, 2.45) is 0 Å². The summed E-state index contributed by atoms with van der Waals surface area (Å²) >= 11 is 0. The molecule has 0 aliphatic carbocycles. The van der Waals surface area contributed by atoms with E-state index in [9.17, 15) is 0 Å². The van der Waals surface area contributed by atoms with Gasteiger partial charge in [-0.15, -0.1) is 9.24 Å². The van der Waals surface area contributed by atoms with Crippen LogP contribution in [0.2, 0.25) is 0 Å². The molecule has 1 aliphatic heterocycles. The van der Waals surface area contributed by atoms with E-state index in [1.54, 1.807) is 0 Å². The quantitative estimate of drug-likeness (QED) is 0.0827. The molecule has 0 bridgehead atoms. The maximum Gasteiger partial charge on any atom is 0.0466 e. The van der Waals surface area contributed by atoms with Gasteiger partial charge in [0, 0.05) is 78.6 Å². The Morgan fingerprint density at radius 3 is 0.868 bits per heavy atom. The largest absolute Gasteiger partial charge is 0.381 e. The van der Waals surface area contributed by atoms with Gasteiger partial charge in [0.2, 0.25) is 0 Å². The number of hydrogen-bond acceptors (Lipinski definition) is 1. The van der Waals surface area contributed by atoms with Crippen LogP contribution in [0.25, 0.3) is 0 Å². The van der Waals surface area contributed by atoms with Crippen LogP contribution in [-0.2, 0) is 76.3 Å². The summed E-state index contributed by atoms with van der Waals surface area (Å²) in [7, 11) is 2.81. The number of aryl methyl sites for hydroxylation is 3. The molecule has 76 heavy (non-hydrogen) atoms. The second-order valence-corrected chi connectivity index (χ2v) is 18.6. The van der Waals surface area contributed by atoms with Crippen LogP contribution in [0.1, 0.15) is 259 Å². The smallest absolute Gasteiger partial charge is 0.0466 e. The molecule has 1 saturated heterocycles. The molecule has 1 nitrogen and oxygen atoms in total. The predicted octanol–water partition coefficient (Wildman–Crippen LogP) is 24.8. The van der Waals surface area contributed by atoms with Crippen molar-refractivity contribution in [3.8, 4) is 0 Å². The standard InChI is InChI=1S/C28H35P.C28H34.C4H8O.12CH4.2Y/c1-4-24(26-8-6-5-7-9-26)19-28(27-14-10-21(2)11-15-27)18-22(3)25-16-12-23(20-29)13-17-25;1-5-24(26-9-7-6-8-10-26)20-28(27-17-13-22(3)14-18-27)19-23(4)25-15-11-21(2)12-16-25;1-2-4-5-3-1;;;;;;;;;;;;;;/h5-17,22,24,28H,4,18-20,29H2,1-3H3;6-18,23-24,28H,5,19-20H2,1-4H3;1-4H2;12*1H4;;. The van der Waals surface area contributed by atoms with Crippen LogP contribution in [0.3, 0.4) is 0 Å². The average molecular weight is 1220 g/mol. The summed E-state index contributed by atoms with van der Waals surface area (Å²) in [6.45, 7) is 17.9. The summed E-state index contributed by atoms with van der Waals surface area (Å²) in [5, 5.41) is 0. The predicted molar refractivity (Wildman–Crippen MR) is 354 cm³/mol. The van der Waals surface area contributed by atoms with E-state index in [1.165, 1.54) is 107 Å². The average Bonchev–Trinajstić information content (AvgIpc) is 3.92. The van der Waals surface area contributed by atoms with Crippen molar-refractivity contribution in [3.63, 3.8) is 0 Å². The van der Waals surface area contributed by atoms with E-state index >= 15 is 0 Å². The molecule has 0 spiro atoms. The van der Waals surface area contributed by atoms with E-state index in [4.69, 9.17) is 4.74 Å². The van der Waals surface area contributed by atoms with Crippen LogP contribution in [-0.4, -0.2) is 13.2 Å². The van der Waals surface area contributed by atoms with Gasteiger partial charge in [-0.2, -0.15) is 0 Å². The van der Waals surface area contributed by atoms with Crippen molar-refractivity contribution in [1.82, 2.24) is 0 Å². The molecular weight excluding hydrogens is 1090 g/mol. The topological polar surface area (TPSA) is 9.23 Å². The van der Waals surface area contributed by atoms with Gasteiger partial charge in [0.1, 0.15) is 0 Å². The minimum Gasteiger partial charge on any atom is -0.381 e. The molecule has 7 rings (SSSR count). The van der Waals surface area contributed by atoms with Crippen molar-refractivity contribution in [1.29, 1.82) is 0 Å². The van der Waals surface area contributed by atoms with Gasteiger partial charge < -0.3 is 4.74 Å². The third-order valence-electron chi connectivity index (χ3n) is 13.3. The monoisotopic (exact) mass is 1210 g/mol. The summed E-state index contributed by atoms with van der Waals surface area (Å²) in [6, 6.07) is 58.9. The van der Waals surface area contributed by atoms with Crippen molar-refractivity contribution in [2.75, 3.05) is 13.2 Å².